The van der Waals surface area contributed by atoms with Gasteiger partial charge in [0.05, 0.1) is 11.6 Å². The number of aliphatic hydroxyl groups is 1. The topological polar surface area (TPSA) is 57.6 Å². The fraction of sp³-hybridized carbons (Fsp3) is 0.0435. The van der Waals surface area contributed by atoms with Crippen molar-refractivity contribution in [2.75, 3.05) is 4.90 Å². The summed E-state index contributed by atoms with van der Waals surface area (Å²) < 4.78 is 0.869. The summed E-state index contributed by atoms with van der Waals surface area (Å²) in [5, 5.41) is 10.9. The van der Waals surface area contributed by atoms with E-state index in [-0.39, 0.29) is 11.3 Å². The molecule has 1 atom stereocenters. The van der Waals surface area contributed by atoms with Gasteiger partial charge in [-0.3, -0.25) is 14.5 Å². The highest BCUT2D eigenvalue weighted by atomic mass is 79.9. The van der Waals surface area contributed by atoms with Gasteiger partial charge in [0.1, 0.15) is 5.76 Å². The first-order chi connectivity index (χ1) is 13.6. The standard InChI is InChI=1S/C23H16BrNO3/c24-17-11-13-18(14-12-17)25-20(15-7-3-1-4-8-15)19(22(27)23(25)28)21(26)16-9-5-2-6-10-16/h1-14,20,26H/t20-/m1/s1. The second kappa shape index (κ2) is 7.44. The second-order valence-electron chi connectivity index (χ2n) is 6.42. The fourth-order valence-corrected chi connectivity index (χ4v) is 3.67. The van der Waals surface area contributed by atoms with E-state index in [1.54, 1.807) is 36.4 Å². The highest BCUT2D eigenvalue weighted by Crippen LogP contribution is 2.42. The Morgan fingerprint density at radius 3 is 2.00 bits per heavy atom. The maximum absolute atomic E-state index is 12.9. The van der Waals surface area contributed by atoms with Crippen LogP contribution in [0.25, 0.3) is 5.76 Å². The van der Waals surface area contributed by atoms with E-state index in [1.807, 2.05) is 48.5 Å². The SMILES string of the molecule is O=C1C(=O)N(c2ccc(Br)cc2)[C@H](c2ccccc2)C1=C(O)c1ccccc1. The van der Waals surface area contributed by atoms with Gasteiger partial charge in [-0.1, -0.05) is 76.6 Å². The van der Waals surface area contributed by atoms with Crippen LogP contribution in [-0.4, -0.2) is 16.8 Å². The van der Waals surface area contributed by atoms with Crippen LogP contribution in [0.15, 0.2) is 95.0 Å². The van der Waals surface area contributed by atoms with E-state index in [9.17, 15) is 14.7 Å². The zero-order valence-corrected chi connectivity index (χ0v) is 16.3. The zero-order valence-electron chi connectivity index (χ0n) is 14.7. The second-order valence-corrected chi connectivity index (χ2v) is 7.34. The highest BCUT2D eigenvalue weighted by molar-refractivity contribution is 9.10. The van der Waals surface area contributed by atoms with Crippen LogP contribution < -0.4 is 4.90 Å². The Balaban J connectivity index is 1.94. The fourth-order valence-electron chi connectivity index (χ4n) is 3.40. The Labute approximate surface area is 170 Å². The molecule has 0 spiro atoms. The van der Waals surface area contributed by atoms with Gasteiger partial charge in [-0.2, -0.15) is 0 Å². The molecule has 4 nitrogen and oxygen atoms in total. The number of rotatable bonds is 3. The average Bonchev–Trinajstić information content (AvgIpc) is 3.00. The minimum Gasteiger partial charge on any atom is -0.507 e. The molecule has 1 N–H and O–H groups in total. The summed E-state index contributed by atoms with van der Waals surface area (Å²) in [6.07, 6.45) is 0. The van der Waals surface area contributed by atoms with E-state index < -0.39 is 17.7 Å². The lowest BCUT2D eigenvalue weighted by molar-refractivity contribution is -0.132. The van der Waals surface area contributed by atoms with E-state index in [4.69, 9.17) is 0 Å². The van der Waals surface area contributed by atoms with Crippen LogP contribution in [0.2, 0.25) is 0 Å². The lowest BCUT2D eigenvalue weighted by Gasteiger charge is -2.25. The molecule has 0 aliphatic carbocycles. The van der Waals surface area contributed by atoms with E-state index >= 15 is 0 Å². The molecule has 1 fully saturated rings. The maximum atomic E-state index is 12.9. The molecule has 0 radical (unpaired) electrons. The van der Waals surface area contributed by atoms with Gasteiger partial charge in [0.15, 0.2) is 0 Å². The predicted octanol–water partition coefficient (Wildman–Crippen LogP) is 5.08. The number of amides is 1. The van der Waals surface area contributed by atoms with Crippen LogP contribution in [0.3, 0.4) is 0 Å². The number of benzene rings is 3. The molecule has 1 amide bonds. The minimum atomic E-state index is -0.706. The molecule has 1 heterocycles. The van der Waals surface area contributed by atoms with Gasteiger partial charge in [0, 0.05) is 15.7 Å². The Morgan fingerprint density at radius 1 is 0.821 bits per heavy atom. The maximum Gasteiger partial charge on any atom is 0.300 e. The van der Waals surface area contributed by atoms with Crippen molar-refractivity contribution in [3.8, 4) is 0 Å². The Morgan fingerprint density at radius 2 is 1.39 bits per heavy atom. The number of carbonyl (C=O) groups is 2. The molecular formula is C23H16BrNO3. The van der Waals surface area contributed by atoms with E-state index in [0.29, 0.717) is 11.3 Å². The van der Waals surface area contributed by atoms with Crippen molar-refractivity contribution in [2.45, 2.75) is 6.04 Å². The number of aliphatic hydroxyl groups excluding tert-OH is 1. The van der Waals surface area contributed by atoms with Crippen LogP contribution in [0.5, 0.6) is 0 Å². The molecule has 3 aromatic carbocycles. The third kappa shape index (κ3) is 3.14. The summed E-state index contributed by atoms with van der Waals surface area (Å²) in [6.45, 7) is 0. The van der Waals surface area contributed by atoms with Crippen molar-refractivity contribution < 1.29 is 14.7 Å². The van der Waals surface area contributed by atoms with Crippen molar-refractivity contribution in [2.24, 2.45) is 0 Å². The minimum absolute atomic E-state index is 0.0883. The summed E-state index contributed by atoms with van der Waals surface area (Å²) in [7, 11) is 0. The van der Waals surface area contributed by atoms with Crippen LogP contribution in [0.1, 0.15) is 17.2 Å². The number of anilines is 1. The first-order valence-corrected chi connectivity index (χ1v) is 9.54. The number of nitrogens with zero attached hydrogens (tertiary/aromatic N) is 1. The lowest BCUT2D eigenvalue weighted by atomic mass is 9.95. The van der Waals surface area contributed by atoms with Gasteiger partial charge in [-0.25, -0.2) is 0 Å². The average molecular weight is 434 g/mol. The largest absolute Gasteiger partial charge is 0.507 e. The molecular weight excluding hydrogens is 418 g/mol. The molecule has 0 aromatic heterocycles. The molecule has 4 rings (SSSR count). The summed E-state index contributed by atoms with van der Waals surface area (Å²) in [5.41, 5.74) is 1.93. The number of hydrogen-bond acceptors (Lipinski definition) is 3. The molecule has 0 saturated carbocycles. The van der Waals surface area contributed by atoms with E-state index in [2.05, 4.69) is 15.9 Å². The van der Waals surface area contributed by atoms with Gasteiger partial charge >= 0.3 is 0 Å². The number of Topliss-reactive ketones (excluding diaryl/α,β-unsaturated/α-hetero) is 1. The normalized spacial score (nSPS) is 18.5. The van der Waals surface area contributed by atoms with Crippen LogP contribution in [0.4, 0.5) is 5.69 Å². The predicted molar refractivity (Wildman–Crippen MR) is 112 cm³/mol. The first-order valence-electron chi connectivity index (χ1n) is 8.75. The van der Waals surface area contributed by atoms with Crippen molar-refractivity contribution in [3.63, 3.8) is 0 Å². The first kappa shape index (κ1) is 18.2. The number of ketones is 1. The Hall–Kier alpha value is -3.18. The summed E-state index contributed by atoms with van der Waals surface area (Å²) in [4.78, 5) is 27.3. The number of hydrogen-bond donors (Lipinski definition) is 1. The smallest absolute Gasteiger partial charge is 0.300 e. The van der Waals surface area contributed by atoms with Gasteiger partial charge in [-0.15, -0.1) is 0 Å². The molecule has 1 saturated heterocycles. The molecule has 0 unspecified atom stereocenters. The summed E-state index contributed by atoms with van der Waals surface area (Å²) in [5.74, 6) is -1.53. The molecule has 3 aromatic rings. The van der Waals surface area contributed by atoms with Gasteiger partial charge in [0.25, 0.3) is 11.7 Å². The monoisotopic (exact) mass is 433 g/mol. The van der Waals surface area contributed by atoms with Gasteiger partial charge < -0.3 is 5.11 Å². The van der Waals surface area contributed by atoms with E-state index in [0.717, 1.165) is 10.0 Å². The Kier molecular flexibility index (Phi) is 4.84. The molecule has 1 aliphatic heterocycles. The molecule has 0 bridgehead atoms. The third-order valence-electron chi connectivity index (χ3n) is 4.71. The van der Waals surface area contributed by atoms with Crippen molar-refractivity contribution in [3.05, 3.63) is 106 Å². The molecule has 1 aliphatic rings. The summed E-state index contributed by atoms with van der Waals surface area (Å²) >= 11 is 3.39. The number of carbonyl (C=O) groups excluding carboxylic acids is 2. The summed E-state index contributed by atoms with van der Waals surface area (Å²) in [6, 6.07) is 24.5. The van der Waals surface area contributed by atoms with Crippen LogP contribution in [-0.2, 0) is 9.59 Å². The Bertz CT molecular complexity index is 1060. The van der Waals surface area contributed by atoms with Crippen LogP contribution >= 0.6 is 15.9 Å². The van der Waals surface area contributed by atoms with Crippen LogP contribution in [0, 0.1) is 0 Å². The molecule has 5 heteroatoms. The third-order valence-corrected chi connectivity index (χ3v) is 5.24. The van der Waals surface area contributed by atoms with Crippen molar-refractivity contribution in [1.29, 1.82) is 0 Å². The lowest BCUT2D eigenvalue weighted by Crippen LogP contribution is -2.29. The van der Waals surface area contributed by atoms with Crippen molar-refractivity contribution >= 4 is 39.1 Å². The van der Waals surface area contributed by atoms with Gasteiger partial charge in [-0.05, 0) is 29.8 Å². The quantitative estimate of drug-likeness (QED) is 0.356. The molecule has 138 valence electrons. The van der Waals surface area contributed by atoms with Gasteiger partial charge in [0.2, 0.25) is 0 Å². The zero-order chi connectivity index (χ0) is 19.7. The van der Waals surface area contributed by atoms with Crippen molar-refractivity contribution in [1.82, 2.24) is 0 Å². The van der Waals surface area contributed by atoms with E-state index in [1.165, 1.54) is 4.90 Å². The highest BCUT2D eigenvalue weighted by Gasteiger charge is 2.46. The molecule has 28 heavy (non-hydrogen) atoms. The number of halogens is 1.